The number of halogens is 1. The first kappa shape index (κ1) is 11.9. The first-order valence-electron chi connectivity index (χ1n) is 5.84. The second kappa shape index (κ2) is 4.86. The molecule has 0 saturated heterocycles. The average Bonchev–Trinajstić information content (AvgIpc) is 2.47. The summed E-state index contributed by atoms with van der Waals surface area (Å²) in [4.78, 5) is 8.42. The van der Waals surface area contributed by atoms with E-state index >= 15 is 0 Å². The van der Waals surface area contributed by atoms with Crippen molar-refractivity contribution in [3.63, 3.8) is 0 Å². The lowest BCUT2D eigenvalue weighted by Crippen LogP contribution is -1.93. The van der Waals surface area contributed by atoms with Gasteiger partial charge in [0.05, 0.1) is 12.7 Å². The highest BCUT2D eigenvalue weighted by molar-refractivity contribution is 6.32. The molecular formula is C15H11ClN2O. The van der Waals surface area contributed by atoms with Crippen LogP contribution >= 0.6 is 11.6 Å². The van der Waals surface area contributed by atoms with E-state index in [0.29, 0.717) is 10.8 Å². The fourth-order valence-electron chi connectivity index (χ4n) is 2.15. The third-order valence-corrected chi connectivity index (χ3v) is 3.28. The minimum Gasteiger partial charge on any atom is -0.496 e. The molecule has 3 rings (SSSR count). The molecule has 0 radical (unpaired) electrons. The van der Waals surface area contributed by atoms with Crippen LogP contribution in [0, 0.1) is 0 Å². The molecular weight excluding hydrogens is 260 g/mol. The van der Waals surface area contributed by atoms with Crippen molar-refractivity contribution in [2.24, 2.45) is 0 Å². The zero-order chi connectivity index (χ0) is 13.2. The Hall–Kier alpha value is -2.13. The molecule has 4 heteroatoms. The van der Waals surface area contributed by atoms with Gasteiger partial charge in [-0.25, -0.2) is 4.98 Å². The van der Waals surface area contributed by atoms with E-state index in [9.17, 15) is 0 Å². The topological polar surface area (TPSA) is 35.0 Å². The van der Waals surface area contributed by atoms with E-state index in [1.807, 2.05) is 36.4 Å². The number of fused-ring (bicyclic) bond motifs is 1. The zero-order valence-electron chi connectivity index (χ0n) is 10.3. The summed E-state index contributed by atoms with van der Waals surface area (Å²) in [6, 6.07) is 12.0. The van der Waals surface area contributed by atoms with E-state index in [0.717, 1.165) is 22.1 Å². The molecule has 0 unspecified atom stereocenters. The molecule has 0 atom stereocenters. The molecule has 94 valence electrons. The predicted molar refractivity (Wildman–Crippen MR) is 76.5 cm³/mol. The quantitative estimate of drug-likeness (QED) is 0.707. The summed E-state index contributed by atoms with van der Waals surface area (Å²) in [5.41, 5.74) is 1.51. The van der Waals surface area contributed by atoms with Crippen molar-refractivity contribution in [1.29, 1.82) is 0 Å². The monoisotopic (exact) mass is 270 g/mol. The van der Waals surface area contributed by atoms with Crippen molar-refractivity contribution >= 4 is 22.4 Å². The number of hydrogen-bond acceptors (Lipinski definition) is 3. The number of hydrogen-bond donors (Lipinski definition) is 0. The maximum atomic E-state index is 6.16. The Balaban J connectivity index is 2.41. The lowest BCUT2D eigenvalue weighted by molar-refractivity contribution is 0.417. The third-order valence-electron chi connectivity index (χ3n) is 3.00. The SMILES string of the molecule is COc1ccc2ccccc2c1-c1nccnc1Cl. The van der Waals surface area contributed by atoms with Crippen molar-refractivity contribution < 1.29 is 4.74 Å². The van der Waals surface area contributed by atoms with Crippen LogP contribution in [0.2, 0.25) is 5.15 Å². The summed E-state index contributed by atoms with van der Waals surface area (Å²) in [5.74, 6) is 0.737. The van der Waals surface area contributed by atoms with Gasteiger partial charge in [0.2, 0.25) is 0 Å². The highest BCUT2D eigenvalue weighted by Gasteiger charge is 2.15. The van der Waals surface area contributed by atoms with Crippen LogP contribution in [0.15, 0.2) is 48.8 Å². The van der Waals surface area contributed by atoms with Crippen LogP contribution in [0.4, 0.5) is 0 Å². The molecule has 2 aromatic carbocycles. The molecule has 3 aromatic rings. The second-order valence-corrected chi connectivity index (χ2v) is 4.42. The highest BCUT2D eigenvalue weighted by atomic mass is 35.5. The van der Waals surface area contributed by atoms with E-state index in [1.165, 1.54) is 0 Å². The van der Waals surface area contributed by atoms with Gasteiger partial charge in [-0.05, 0) is 16.8 Å². The Bertz CT molecular complexity index is 743. The summed E-state index contributed by atoms with van der Waals surface area (Å²) in [5, 5.41) is 2.53. The van der Waals surface area contributed by atoms with E-state index in [-0.39, 0.29) is 0 Å². The maximum Gasteiger partial charge on any atom is 0.155 e. The molecule has 19 heavy (non-hydrogen) atoms. The van der Waals surface area contributed by atoms with Crippen LogP contribution in [0.1, 0.15) is 0 Å². The number of benzene rings is 2. The van der Waals surface area contributed by atoms with E-state index in [4.69, 9.17) is 16.3 Å². The van der Waals surface area contributed by atoms with Crippen LogP contribution in [0.5, 0.6) is 5.75 Å². The zero-order valence-corrected chi connectivity index (χ0v) is 11.1. The lowest BCUT2D eigenvalue weighted by Gasteiger charge is -2.12. The third kappa shape index (κ3) is 2.02. The van der Waals surface area contributed by atoms with Gasteiger partial charge in [0.15, 0.2) is 5.15 Å². The lowest BCUT2D eigenvalue weighted by atomic mass is 10.0. The summed E-state index contributed by atoms with van der Waals surface area (Å²) in [6.07, 6.45) is 3.20. The number of nitrogens with zero attached hydrogens (tertiary/aromatic N) is 2. The summed E-state index contributed by atoms with van der Waals surface area (Å²) in [7, 11) is 1.64. The number of ether oxygens (including phenoxy) is 1. The number of aromatic nitrogens is 2. The summed E-state index contributed by atoms with van der Waals surface area (Å²) in [6.45, 7) is 0. The summed E-state index contributed by atoms with van der Waals surface area (Å²) >= 11 is 6.16. The molecule has 0 amide bonds. The summed E-state index contributed by atoms with van der Waals surface area (Å²) < 4.78 is 5.44. The van der Waals surface area contributed by atoms with Gasteiger partial charge < -0.3 is 4.74 Å². The van der Waals surface area contributed by atoms with Crippen molar-refractivity contribution in [2.75, 3.05) is 7.11 Å². The Morgan fingerprint density at radius 1 is 1.00 bits per heavy atom. The van der Waals surface area contributed by atoms with E-state index < -0.39 is 0 Å². The van der Waals surface area contributed by atoms with Gasteiger partial charge >= 0.3 is 0 Å². The first-order valence-corrected chi connectivity index (χ1v) is 6.21. The van der Waals surface area contributed by atoms with Gasteiger partial charge in [-0.3, -0.25) is 4.98 Å². The molecule has 0 N–H and O–H groups in total. The smallest absolute Gasteiger partial charge is 0.155 e. The molecule has 0 fully saturated rings. The van der Waals surface area contributed by atoms with Crippen molar-refractivity contribution in [2.45, 2.75) is 0 Å². The van der Waals surface area contributed by atoms with Crippen LogP contribution in [-0.2, 0) is 0 Å². The Labute approximate surface area is 115 Å². The fraction of sp³-hybridized carbons (Fsp3) is 0.0667. The van der Waals surface area contributed by atoms with Crippen molar-refractivity contribution in [3.05, 3.63) is 53.9 Å². The van der Waals surface area contributed by atoms with E-state index in [2.05, 4.69) is 9.97 Å². The van der Waals surface area contributed by atoms with Gasteiger partial charge in [0.1, 0.15) is 11.4 Å². The van der Waals surface area contributed by atoms with Crippen LogP contribution in [0.3, 0.4) is 0 Å². The Kier molecular flexibility index (Phi) is 3.05. The molecule has 0 aliphatic heterocycles. The Morgan fingerprint density at radius 3 is 2.58 bits per heavy atom. The normalized spacial score (nSPS) is 10.6. The van der Waals surface area contributed by atoms with Crippen molar-refractivity contribution in [3.8, 4) is 17.0 Å². The van der Waals surface area contributed by atoms with Gasteiger partial charge in [0, 0.05) is 12.4 Å². The standard InChI is InChI=1S/C15H11ClN2O/c1-19-12-7-6-10-4-2-3-5-11(10)13(12)14-15(16)18-9-8-17-14/h2-9H,1H3. The predicted octanol–water partition coefficient (Wildman–Crippen LogP) is 3.96. The van der Waals surface area contributed by atoms with Gasteiger partial charge in [-0.15, -0.1) is 0 Å². The highest BCUT2D eigenvalue weighted by Crippen LogP contribution is 2.38. The van der Waals surface area contributed by atoms with Crippen LogP contribution < -0.4 is 4.74 Å². The first-order chi connectivity index (χ1) is 9.31. The molecule has 0 aliphatic rings. The van der Waals surface area contributed by atoms with Gasteiger partial charge in [0.25, 0.3) is 0 Å². The molecule has 3 nitrogen and oxygen atoms in total. The van der Waals surface area contributed by atoms with E-state index in [1.54, 1.807) is 19.5 Å². The fourth-order valence-corrected chi connectivity index (χ4v) is 2.35. The minimum atomic E-state index is 0.372. The minimum absolute atomic E-state index is 0.372. The number of methoxy groups -OCH3 is 1. The van der Waals surface area contributed by atoms with Crippen LogP contribution in [0.25, 0.3) is 22.0 Å². The van der Waals surface area contributed by atoms with Crippen LogP contribution in [-0.4, -0.2) is 17.1 Å². The molecule has 1 aromatic heterocycles. The largest absolute Gasteiger partial charge is 0.496 e. The molecule has 0 spiro atoms. The maximum absolute atomic E-state index is 6.16. The Morgan fingerprint density at radius 2 is 1.79 bits per heavy atom. The second-order valence-electron chi connectivity index (χ2n) is 4.06. The number of rotatable bonds is 2. The molecule has 0 aliphatic carbocycles. The van der Waals surface area contributed by atoms with Gasteiger partial charge in [-0.2, -0.15) is 0 Å². The van der Waals surface area contributed by atoms with Crippen molar-refractivity contribution in [1.82, 2.24) is 9.97 Å². The molecule has 0 bridgehead atoms. The van der Waals surface area contributed by atoms with Gasteiger partial charge in [-0.1, -0.05) is 41.9 Å². The molecule has 1 heterocycles. The average molecular weight is 271 g/mol. The molecule has 0 saturated carbocycles.